The Morgan fingerprint density at radius 3 is 2.22 bits per heavy atom. The van der Waals surface area contributed by atoms with Crippen molar-refractivity contribution in [1.29, 1.82) is 0 Å². The molecule has 0 amide bonds. The first-order valence-corrected chi connectivity index (χ1v) is 9.74. The lowest BCUT2D eigenvalue weighted by Crippen LogP contribution is -2.44. The summed E-state index contributed by atoms with van der Waals surface area (Å²) >= 11 is 0. The maximum absolute atomic E-state index is 11.6. The van der Waals surface area contributed by atoms with Crippen molar-refractivity contribution in [1.82, 2.24) is 0 Å². The standard InChI is InChI=1S/C19H37NO7/c1-5-6-7-8-9-10-11-17(22)26-14-16(21)15-27-19(18(23)24)25-13-12-20(2,3)4/h16,19,21H,5-15H2,1-4H3. The van der Waals surface area contributed by atoms with E-state index in [9.17, 15) is 19.8 Å². The number of ether oxygens (including phenoxy) is 3. The Kier molecular flexibility index (Phi) is 14.1. The SMILES string of the molecule is CCCCCCCCC(=O)OCC(O)COC(OCC[N+](C)(C)C)C(=O)[O-]. The third-order valence-corrected chi connectivity index (χ3v) is 3.83. The van der Waals surface area contributed by atoms with Gasteiger partial charge in [-0.1, -0.05) is 39.0 Å². The van der Waals surface area contributed by atoms with E-state index >= 15 is 0 Å². The molecule has 2 unspecified atom stereocenters. The van der Waals surface area contributed by atoms with Gasteiger partial charge in [-0.25, -0.2) is 0 Å². The summed E-state index contributed by atoms with van der Waals surface area (Å²) in [7, 11) is 5.84. The number of nitrogens with zero attached hydrogens (tertiary/aromatic N) is 1. The summed E-state index contributed by atoms with van der Waals surface area (Å²) in [4.78, 5) is 22.6. The van der Waals surface area contributed by atoms with Crippen LogP contribution in [0.5, 0.6) is 0 Å². The molecule has 0 aromatic rings. The number of aliphatic hydroxyl groups excluding tert-OH is 1. The van der Waals surface area contributed by atoms with E-state index in [4.69, 9.17) is 14.2 Å². The zero-order valence-corrected chi connectivity index (χ0v) is 17.3. The summed E-state index contributed by atoms with van der Waals surface area (Å²) in [5.74, 6) is -1.89. The number of esters is 1. The molecule has 160 valence electrons. The molecule has 0 aliphatic rings. The summed E-state index contributed by atoms with van der Waals surface area (Å²) in [6.07, 6.45) is 4.06. The molecule has 1 N–H and O–H groups in total. The maximum Gasteiger partial charge on any atom is 0.305 e. The summed E-state index contributed by atoms with van der Waals surface area (Å²) in [5.41, 5.74) is 0. The van der Waals surface area contributed by atoms with Crippen LogP contribution >= 0.6 is 0 Å². The Bertz CT molecular complexity index is 409. The number of carbonyl (C=O) groups excluding carboxylic acids is 2. The molecule has 8 nitrogen and oxygen atoms in total. The smallest absolute Gasteiger partial charge is 0.305 e. The highest BCUT2D eigenvalue weighted by Crippen LogP contribution is 2.07. The van der Waals surface area contributed by atoms with Crippen LogP contribution in [0.3, 0.4) is 0 Å². The van der Waals surface area contributed by atoms with E-state index in [2.05, 4.69) is 6.92 Å². The van der Waals surface area contributed by atoms with Crippen molar-refractivity contribution in [3.05, 3.63) is 0 Å². The average Bonchev–Trinajstić information content (AvgIpc) is 2.57. The van der Waals surface area contributed by atoms with Crippen molar-refractivity contribution in [3.8, 4) is 0 Å². The second-order valence-electron chi connectivity index (χ2n) is 7.72. The number of aliphatic carboxylic acids is 1. The number of carboxylic acid groups (broad SMARTS) is 1. The molecule has 0 spiro atoms. The van der Waals surface area contributed by atoms with Crippen LogP contribution < -0.4 is 5.11 Å². The number of hydrogen-bond donors (Lipinski definition) is 1. The lowest BCUT2D eigenvalue weighted by Gasteiger charge is -2.26. The highest BCUT2D eigenvalue weighted by Gasteiger charge is 2.17. The third-order valence-electron chi connectivity index (χ3n) is 3.83. The zero-order valence-electron chi connectivity index (χ0n) is 17.3. The van der Waals surface area contributed by atoms with Gasteiger partial charge in [0.15, 0.2) is 6.29 Å². The Morgan fingerprint density at radius 1 is 1.00 bits per heavy atom. The molecule has 0 rings (SSSR count). The Balaban J connectivity index is 3.89. The predicted octanol–water partition coefficient (Wildman–Crippen LogP) is 0.457. The van der Waals surface area contributed by atoms with Gasteiger partial charge in [-0.15, -0.1) is 0 Å². The number of carbonyl (C=O) groups is 2. The molecule has 2 atom stereocenters. The van der Waals surface area contributed by atoms with Gasteiger partial charge in [-0.3, -0.25) is 4.79 Å². The van der Waals surface area contributed by atoms with Crippen molar-refractivity contribution in [3.63, 3.8) is 0 Å². The number of carboxylic acids is 1. The van der Waals surface area contributed by atoms with E-state index in [1.807, 2.05) is 21.1 Å². The Morgan fingerprint density at radius 2 is 1.63 bits per heavy atom. The van der Waals surface area contributed by atoms with Gasteiger partial charge in [0, 0.05) is 6.42 Å². The quantitative estimate of drug-likeness (QED) is 0.166. The number of aliphatic hydroxyl groups is 1. The minimum absolute atomic E-state index is 0.172. The van der Waals surface area contributed by atoms with Gasteiger partial charge in [-0.2, -0.15) is 0 Å². The van der Waals surface area contributed by atoms with Crippen LogP contribution in [-0.4, -0.2) is 81.4 Å². The molecule has 0 aromatic carbocycles. The molecule has 0 fully saturated rings. The van der Waals surface area contributed by atoms with Gasteiger partial charge >= 0.3 is 5.97 Å². The van der Waals surface area contributed by atoms with Crippen molar-refractivity contribution >= 4 is 11.9 Å². The van der Waals surface area contributed by atoms with E-state index in [1.165, 1.54) is 19.3 Å². The van der Waals surface area contributed by atoms with Crippen molar-refractivity contribution in [2.75, 3.05) is 47.5 Å². The molecular formula is C19H37NO7. The first-order chi connectivity index (χ1) is 12.7. The number of quaternary nitrogens is 1. The highest BCUT2D eigenvalue weighted by molar-refractivity contribution is 5.69. The van der Waals surface area contributed by atoms with Gasteiger partial charge in [0.1, 0.15) is 19.3 Å². The van der Waals surface area contributed by atoms with Gasteiger partial charge in [0.25, 0.3) is 0 Å². The monoisotopic (exact) mass is 391 g/mol. The molecule has 0 heterocycles. The Labute approximate surface area is 163 Å². The summed E-state index contributed by atoms with van der Waals surface area (Å²) in [6, 6.07) is 0. The van der Waals surface area contributed by atoms with Crippen LogP contribution in [0.2, 0.25) is 0 Å². The number of rotatable bonds is 17. The normalized spacial score (nSPS) is 14.0. The van der Waals surface area contributed by atoms with Gasteiger partial charge < -0.3 is 33.7 Å². The first kappa shape index (κ1) is 25.8. The van der Waals surface area contributed by atoms with Crippen LogP contribution in [0, 0.1) is 0 Å². The minimum Gasteiger partial charge on any atom is -0.545 e. The summed E-state index contributed by atoms with van der Waals surface area (Å²) in [6.45, 7) is 2.34. The average molecular weight is 392 g/mol. The number of likely N-dealkylation sites (N-methyl/N-ethyl adjacent to an activating group) is 1. The largest absolute Gasteiger partial charge is 0.545 e. The lowest BCUT2D eigenvalue weighted by molar-refractivity contribution is -0.870. The molecule has 0 aromatic heterocycles. The predicted molar refractivity (Wildman–Crippen MR) is 98.6 cm³/mol. The molecule has 27 heavy (non-hydrogen) atoms. The summed E-state index contributed by atoms with van der Waals surface area (Å²) in [5, 5.41) is 20.8. The second-order valence-corrected chi connectivity index (χ2v) is 7.72. The molecule has 0 aliphatic carbocycles. The molecular weight excluding hydrogens is 354 g/mol. The molecule has 0 saturated heterocycles. The van der Waals surface area contributed by atoms with Crippen LogP contribution in [0.25, 0.3) is 0 Å². The molecule has 0 bridgehead atoms. The fourth-order valence-electron chi connectivity index (χ4n) is 2.18. The number of hydrogen-bond acceptors (Lipinski definition) is 7. The third kappa shape index (κ3) is 16.7. The molecule has 0 aliphatic heterocycles. The van der Waals surface area contributed by atoms with E-state index < -0.39 is 18.4 Å². The Hall–Kier alpha value is -1.22. The second kappa shape index (κ2) is 14.8. The topological polar surface area (TPSA) is 105 Å². The fraction of sp³-hybridized carbons (Fsp3) is 0.895. The van der Waals surface area contributed by atoms with Gasteiger partial charge in [0.2, 0.25) is 0 Å². The van der Waals surface area contributed by atoms with Gasteiger partial charge in [-0.05, 0) is 6.42 Å². The van der Waals surface area contributed by atoms with E-state index in [1.54, 1.807) is 0 Å². The van der Waals surface area contributed by atoms with E-state index in [0.717, 1.165) is 19.3 Å². The van der Waals surface area contributed by atoms with Crippen molar-refractivity contribution < 1.29 is 38.5 Å². The molecule has 8 heteroatoms. The minimum atomic E-state index is -1.56. The van der Waals surface area contributed by atoms with E-state index in [-0.39, 0.29) is 25.8 Å². The van der Waals surface area contributed by atoms with E-state index in [0.29, 0.717) is 17.4 Å². The summed E-state index contributed by atoms with van der Waals surface area (Å²) < 4.78 is 15.7. The fourth-order valence-corrected chi connectivity index (χ4v) is 2.18. The van der Waals surface area contributed by atoms with Crippen LogP contribution in [-0.2, 0) is 23.8 Å². The number of unbranched alkanes of at least 4 members (excludes halogenated alkanes) is 5. The van der Waals surface area contributed by atoms with Crippen LogP contribution in [0.15, 0.2) is 0 Å². The lowest BCUT2D eigenvalue weighted by atomic mass is 10.1. The van der Waals surface area contributed by atoms with Crippen LogP contribution in [0.4, 0.5) is 0 Å². The first-order valence-electron chi connectivity index (χ1n) is 9.74. The molecule has 0 saturated carbocycles. The zero-order chi connectivity index (χ0) is 20.7. The van der Waals surface area contributed by atoms with Crippen LogP contribution in [0.1, 0.15) is 51.9 Å². The highest BCUT2D eigenvalue weighted by atomic mass is 16.7. The van der Waals surface area contributed by atoms with Crippen molar-refractivity contribution in [2.24, 2.45) is 0 Å². The maximum atomic E-state index is 11.6. The van der Waals surface area contributed by atoms with Crippen molar-refractivity contribution in [2.45, 2.75) is 64.3 Å². The van der Waals surface area contributed by atoms with Gasteiger partial charge in [0.05, 0.1) is 40.3 Å². The molecule has 0 radical (unpaired) electrons.